The Kier molecular flexibility index (Phi) is 18.7. The molecule has 0 spiro atoms. The van der Waals surface area contributed by atoms with Crippen LogP contribution in [0.15, 0.2) is 6.20 Å². The van der Waals surface area contributed by atoms with Crippen LogP contribution in [-0.4, -0.2) is 172 Å². The molecule has 0 bridgehead atoms. The highest BCUT2D eigenvalue weighted by molar-refractivity contribution is 14.1. The van der Waals surface area contributed by atoms with Crippen molar-refractivity contribution in [3.63, 3.8) is 0 Å². The first-order chi connectivity index (χ1) is 28.2. The third-order valence-electron chi connectivity index (χ3n) is 12.8. The molecule has 60 heavy (non-hydrogen) atoms. The quantitative estimate of drug-likeness (QED) is 0.104. The Morgan fingerprint density at radius 3 is 2.38 bits per heavy atom. The number of unbranched alkanes of at least 4 members (excludes halogenated alkanes) is 1. The van der Waals surface area contributed by atoms with Gasteiger partial charge in [-0.3, -0.25) is 9.48 Å². The summed E-state index contributed by atoms with van der Waals surface area (Å²) in [5.74, 6) is -2.18. The average molecular weight is 965 g/mol. The minimum atomic E-state index is -1.74. The maximum absolute atomic E-state index is 13.8. The summed E-state index contributed by atoms with van der Waals surface area (Å²) in [6, 6.07) is -0.851. The second kappa shape index (κ2) is 22.1. The van der Waals surface area contributed by atoms with Crippen LogP contribution >= 0.6 is 22.6 Å². The van der Waals surface area contributed by atoms with Gasteiger partial charge in [-0.1, -0.05) is 31.2 Å². The molecule has 0 saturated carbocycles. The normalized spacial score (nSPS) is 36.9. The number of hydrogen-bond donors (Lipinski definition) is 5. The summed E-state index contributed by atoms with van der Waals surface area (Å²) >= 11 is 2.14. The molecule has 0 radical (unpaired) electrons. The largest absolute Gasteiger partial charge is 0.459 e. The molecule has 2 aliphatic rings. The fourth-order valence-corrected chi connectivity index (χ4v) is 9.82. The smallest absolute Gasteiger partial charge is 0.311 e. The summed E-state index contributed by atoms with van der Waals surface area (Å²) < 4.78 is 29.4. The highest BCUT2D eigenvalue weighted by Crippen LogP contribution is 2.37. The topological polar surface area (TPSA) is 223 Å². The zero-order valence-electron chi connectivity index (χ0n) is 37.5. The highest BCUT2D eigenvalue weighted by Gasteiger charge is 2.50. The molecule has 18 nitrogen and oxygen atoms in total. The Balaban J connectivity index is 1.48. The van der Waals surface area contributed by atoms with Gasteiger partial charge in [0.1, 0.15) is 33.3 Å². The van der Waals surface area contributed by atoms with Gasteiger partial charge >= 0.3 is 5.97 Å². The molecule has 4 heterocycles. The van der Waals surface area contributed by atoms with Gasteiger partial charge in [-0.05, 0) is 109 Å². The van der Waals surface area contributed by atoms with Crippen LogP contribution in [0.4, 0.5) is 0 Å². The van der Waals surface area contributed by atoms with E-state index in [1.54, 1.807) is 25.5 Å². The van der Waals surface area contributed by atoms with E-state index in [0.29, 0.717) is 44.7 Å². The first-order valence-electron chi connectivity index (χ1n) is 21.5. The van der Waals surface area contributed by atoms with Gasteiger partial charge in [0.2, 0.25) is 0 Å². The molecule has 2 aliphatic heterocycles. The first-order valence-corrected chi connectivity index (χ1v) is 22.6. The number of aliphatic hydroxyl groups is 5. The Labute approximate surface area is 369 Å². The van der Waals surface area contributed by atoms with Crippen LogP contribution in [0.25, 0.3) is 0 Å². The van der Waals surface area contributed by atoms with Crippen molar-refractivity contribution in [2.45, 2.75) is 180 Å². The Morgan fingerprint density at radius 2 is 1.75 bits per heavy atom. The number of aromatic nitrogens is 6. The maximum atomic E-state index is 13.8. The molecule has 2 aromatic rings. The second-order valence-corrected chi connectivity index (χ2v) is 19.0. The van der Waals surface area contributed by atoms with Crippen molar-refractivity contribution in [2.24, 2.45) is 17.8 Å². The molecular formula is C41H73IN8O10. The van der Waals surface area contributed by atoms with E-state index in [1.165, 1.54) is 14.0 Å². The molecule has 0 unspecified atom stereocenters. The Morgan fingerprint density at radius 1 is 1.07 bits per heavy atom. The van der Waals surface area contributed by atoms with Gasteiger partial charge in [0.05, 0.1) is 42.1 Å². The molecule has 2 fully saturated rings. The lowest BCUT2D eigenvalue weighted by Gasteiger charge is -2.47. The van der Waals surface area contributed by atoms with Crippen LogP contribution in [0.3, 0.4) is 0 Å². The fourth-order valence-electron chi connectivity index (χ4n) is 9.20. The van der Waals surface area contributed by atoms with Crippen molar-refractivity contribution >= 4 is 28.6 Å². The van der Waals surface area contributed by atoms with Crippen LogP contribution in [0.2, 0.25) is 0 Å². The number of halogens is 1. The number of carbonyl (C=O) groups is 1. The van der Waals surface area contributed by atoms with E-state index in [1.807, 2.05) is 57.6 Å². The Hall–Kier alpha value is -1.92. The molecule has 344 valence electrons. The van der Waals surface area contributed by atoms with Crippen LogP contribution in [0.1, 0.15) is 98.9 Å². The molecule has 4 rings (SSSR count). The van der Waals surface area contributed by atoms with Gasteiger partial charge < -0.3 is 54.3 Å². The van der Waals surface area contributed by atoms with E-state index in [9.17, 15) is 30.3 Å². The predicted octanol–water partition coefficient (Wildman–Crippen LogP) is 2.00. The number of rotatable bonds is 14. The van der Waals surface area contributed by atoms with Gasteiger partial charge in [-0.2, -0.15) is 0 Å². The van der Waals surface area contributed by atoms with E-state index < -0.39 is 71.9 Å². The molecule has 2 saturated heterocycles. The second-order valence-electron chi connectivity index (χ2n) is 18.0. The van der Waals surface area contributed by atoms with E-state index in [2.05, 4.69) is 48.1 Å². The summed E-state index contributed by atoms with van der Waals surface area (Å²) in [4.78, 5) is 17.8. The zero-order valence-corrected chi connectivity index (χ0v) is 39.7. The van der Waals surface area contributed by atoms with Gasteiger partial charge in [-0.15, -0.1) is 10.2 Å². The number of esters is 1. The molecular weight excluding hydrogens is 891 g/mol. The molecule has 0 aliphatic carbocycles. The fraction of sp³-hybridized carbons (Fsp3) is 0.878. The van der Waals surface area contributed by atoms with E-state index in [4.69, 9.17) is 18.9 Å². The minimum Gasteiger partial charge on any atom is -0.459 e. The van der Waals surface area contributed by atoms with Gasteiger partial charge in [0.15, 0.2) is 6.29 Å². The van der Waals surface area contributed by atoms with Crippen LogP contribution in [0, 0.1) is 21.5 Å². The highest BCUT2D eigenvalue weighted by atomic mass is 127. The van der Waals surface area contributed by atoms with Gasteiger partial charge in [-0.25, -0.2) is 4.68 Å². The third kappa shape index (κ3) is 12.4. The lowest BCUT2D eigenvalue weighted by atomic mass is 9.78. The molecule has 19 heteroatoms. The number of cyclic esters (lactones) is 1. The summed E-state index contributed by atoms with van der Waals surface area (Å²) in [5.41, 5.74) is -1.82. The monoisotopic (exact) mass is 964 g/mol. The molecule has 0 aromatic carbocycles. The van der Waals surface area contributed by atoms with Crippen LogP contribution < -0.4 is 0 Å². The number of nitrogens with zero attached hydrogens (tertiary/aromatic N) is 8. The summed E-state index contributed by atoms with van der Waals surface area (Å²) in [5, 5.41) is 73.5. The molecule has 0 amide bonds. The van der Waals surface area contributed by atoms with Crippen LogP contribution in [0.5, 0.6) is 0 Å². The maximum Gasteiger partial charge on any atom is 0.311 e. The first kappa shape index (κ1) is 50.7. The lowest BCUT2D eigenvalue weighted by Crippen LogP contribution is -2.59. The minimum absolute atomic E-state index is 0.108. The number of carbonyl (C=O) groups excluding carboxylic acids is 1. The van der Waals surface area contributed by atoms with Crippen molar-refractivity contribution < 1.29 is 49.3 Å². The number of hydrogen-bond acceptors (Lipinski definition) is 16. The average Bonchev–Trinajstić information content (AvgIpc) is 3.81. The molecule has 2 aromatic heterocycles. The van der Waals surface area contributed by atoms with Crippen LogP contribution in [-0.2, 0) is 49.9 Å². The number of aliphatic hydroxyl groups excluding tert-OH is 3. The number of likely N-dealkylation sites (N-methyl/N-ethyl adjacent to an activating group) is 2. The molecule has 5 N–H and O–H groups in total. The van der Waals surface area contributed by atoms with Crippen molar-refractivity contribution in [3.8, 4) is 0 Å². The van der Waals surface area contributed by atoms with Crippen molar-refractivity contribution in [1.29, 1.82) is 0 Å². The van der Waals surface area contributed by atoms with Gasteiger partial charge in [0.25, 0.3) is 0 Å². The number of aryl methyl sites for hydroxylation is 2. The third-order valence-corrected chi connectivity index (χ3v) is 14.0. The zero-order chi connectivity index (χ0) is 44.7. The number of methoxy groups -OCH3 is 1. The summed E-state index contributed by atoms with van der Waals surface area (Å²) in [7, 11) is 5.30. The predicted molar refractivity (Wildman–Crippen MR) is 230 cm³/mol. The number of ether oxygens (including phenoxy) is 4. The van der Waals surface area contributed by atoms with Crippen molar-refractivity contribution in [1.82, 2.24) is 39.8 Å². The van der Waals surface area contributed by atoms with E-state index in [0.717, 1.165) is 22.2 Å². The summed E-state index contributed by atoms with van der Waals surface area (Å²) in [6.45, 7) is 16.6. The van der Waals surface area contributed by atoms with E-state index >= 15 is 0 Å². The van der Waals surface area contributed by atoms with Gasteiger partial charge in [0, 0.05) is 63.9 Å². The standard InChI is InChI=1S/C41H73IN8O10/c1-12-32-41(8,56)35(53)28(6)48(10)21-24(2)20-40(7,55)36(26(4)34(57-11)27(5)38(54)59-32)60-39-33(52)31(19-25(3)58-39)47(9)18-15-29-22-49(45-43-29)16-13-14-17-50-37(42)30(23-51)44-46-50/h22,24-28,31-36,39,51-53,55-56H,12-21,23H2,1-11H3/t24-,25-,26+,27-,28-,31+,32-,33-,34+,35-,36-,39+,40-,41-/m1/s1. The van der Waals surface area contributed by atoms with Crippen molar-refractivity contribution in [2.75, 3.05) is 34.3 Å². The lowest BCUT2D eigenvalue weighted by molar-refractivity contribution is -0.300. The van der Waals surface area contributed by atoms with E-state index in [-0.39, 0.29) is 37.5 Å². The Bertz CT molecular complexity index is 1630. The molecule has 14 atom stereocenters. The summed E-state index contributed by atoms with van der Waals surface area (Å²) in [6.07, 6.45) is -1.10. The van der Waals surface area contributed by atoms with Crippen molar-refractivity contribution in [3.05, 3.63) is 21.3 Å². The SMILES string of the molecule is CC[C@H]1OC(=O)[C@H](C)[C@@H](OC)[C@H](C)[C@@H](O[C@@H]2O[C@H](C)C[C@H](N(C)CCc3cn(CCCCn4nnc(CO)c4I)nn3)[C@H]2O)[C@](C)(O)C[C@@H](C)CN(C)[C@H](C)[C@@H](O)[C@]1(C)O.